The zero-order valence-electron chi connectivity index (χ0n) is 18.7. The molecule has 0 N–H and O–H groups in total. The highest BCUT2D eigenvalue weighted by Gasteiger charge is 2.55. The first-order valence-corrected chi connectivity index (χ1v) is 10.0. The summed E-state index contributed by atoms with van der Waals surface area (Å²) in [6.45, 7) is 3.25. The second kappa shape index (κ2) is 10.3. The molecule has 0 amide bonds. The van der Waals surface area contributed by atoms with Crippen LogP contribution in [0.2, 0.25) is 0 Å². The summed E-state index contributed by atoms with van der Waals surface area (Å²) in [7, 11) is 1.08. The molecule has 1 aliphatic heterocycles. The van der Waals surface area contributed by atoms with Gasteiger partial charge < -0.3 is 32.8 Å². The van der Waals surface area contributed by atoms with E-state index >= 15 is 0 Å². The van der Waals surface area contributed by atoms with E-state index in [1.54, 1.807) is 12.1 Å². The second-order valence-corrected chi connectivity index (χ2v) is 7.24. The molecular weight excluding hydrogens is 462 g/mol. The van der Waals surface area contributed by atoms with Crippen molar-refractivity contribution in [2.45, 2.75) is 51.5 Å². The average molecular weight is 484 g/mol. The second-order valence-electron chi connectivity index (χ2n) is 7.24. The molecule has 2 aromatic rings. The lowest BCUT2D eigenvalue weighted by molar-refractivity contribution is -0.282. The zero-order chi connectivity index (χ0) is 25.0. The molecule has 1 aromatic carbocycles. The summed E-state index contributed by atoms with van der Waals surface area (Å²) in [5, 5.41) is 0.605. The molecule has 1 aliphatic rings. The Balaban J connectivity index is 2.04. The topological polar surface area (TPSA) is 154 Å². The summed E-state index contributed by atoms with van der Waals surface area (Å²) in [6.07, 6.45) is -7.55. The Morgan fingerprint density at radius 3 is 2.03 bits per heavy atom. The van der Waals surface area contributed by atoms with Gasteiger partial charge in [0.15, 0.2) is 18.3 Å². The lowest BCUT2D eigenvalue weighted by atomic mass is 9.98. The normalized spacial score (nSPS) is 24.1. The van der Waals surface area contributed by atoms with Crippen molar-refractivity contribution >= 4 is 34.8 Å². The Bertz CT molecular complexity index is 1150. The van der Waals surface area contributed by atoms with Gasteiger partial charge in [0.1, 0.15) is 11.3 Å². The Labute approximate surface area is 192 Å². The van der Waals surface area contributed by atoms with Gasteiger partial charge >= 0.3 is 29.5 Å². The van der Waals surface area contributed by atoms with Gasteiger partial charge in [0.05, 0.1) is 7.11 Å². The van der Waals surface area contributed by atoms with E-state index < -0.39 is 60.2 Å². The number of methoxy groups -OCH3 is 1. The number of benzene rings is 1. The van der Waals surface area contributed by atoms with E-state index in [1.807, 2.05) is 0 Å². The predicted octanol–water partition coefficient (Wildman–Crippen LogP) is 0.865. The molecule has 1 aromatic heterocycles. The largest absolute Gasteiger partial charge is 0.467 e. The molecule has 1 fully saturated rings. The predicted molar refractivity (Wildman–Crippen MR) is 110 cm³/mol. The molecule has 3 rings (SSSR count). The van der Waals surface area contributed by atoms with Gasteiger partial charge in [-0.25, -0.2) is 9.59 Å². The van der Waals surface area contributed by atoms with Gasteiger partial charge in [-0.15, -0.1) is 0 Å². The summed E-state index contributed by atoms with van der Waals surface area (Å²) in [5.74, 6) is -3.26. The van der Waals surface area contributed by atoms with E-state index in [-0.39, 0.29) is 11.3 Å². The fourth-order valence-corrected chi connectivity index (χ4v) is 3.42. The molecule has 182 valence electrons. The molecule has 0 unspecified atom stereocenters. The third-order valence-corrected chi connectivity index (χ3v) is 4.68. The minimum atomic E-state index is -1.59. The molecule has 0 saturated carbocycles. The summed E-state index contributed by atoms with van der Waals surface area (Å²) in [4.78, 5) is 59.3. The first kappa shape index (κ1) is 24.7. The maximum Gasteiger partial charge on any atom is 0.339 e. The quantitative estimate of drug-likeness (QED) is 0.325. The Morgan fingerprint density at radius 1 is 0.824 bits per heavy atom. The number of carbonyl (C=O) groups excluding carboxylic acids is 4. The number of hydrogen-bond acceptors (Lipinski definition) is 12. The Hall–Kier alpha value is -3.93. The molecular formula is C22H22O12. The number of esters is 4. The summed E-state index contributed by atoms with van der Waals surface area (Å²) < 4.78 is 37.1. The molecule has 0 bridgehead atoms. The highest BCUT2D eigenvalue weighted by molar-refractivity contribution is 5.78. The van der Waals surface area contributed by atoms with Crippen LogP contribution in [-0.4, -0.2) is 61.7 Å². The van der Waals surface area contributed by atoms with Crippen molar-refractivity contribution in [2.24, 2.45) is 0 Å². The number of fused-ring (bicyclic) bond motifs is 1. The minimum absolute atomic E-state index is 0.111. The minimum Gasteiger partial charge on any atom is -0.467 e. The van der Waals surface area contributed by atoms with Crippen LogP contribution in [0.25, 0.3) is 11.0 Å². The lowest BCUT2D eigenvalue weighted by Crippen LogP contribution is -2.64. The zero-order valence-corrected chi connectivity index (χ0v) is 18.7. The van der Waals surface area contributed by atoms with Crippen molar-refractivity contribution in [3.8, 4) is 5.75 Å². The van der Waals surface area contributed by atoms with Crippen LogP contribution in [0.15, 0.2) is 39.5 Å². The highest BCUT2D eigenvalue weighted by Crippen LogP contribution is 2.32. The summed E-state index contributed by atoms with van der Waals surface area (Å²) in [6, 6.07) is 7.31. The maximum absolute atomic E-state index is 12.4. The standard InChI is InChI=1S/C22H22O12/c1-10(23)29-17-18(30-11(2)24)20(31-12(3)25)22(34-19(17)21(27)28-4)32-14-7-5-13-6-8-16(26)33-15(13)9-14/h5-9,17-20,22H,1-4H3/t17-,18-,19-,20+,22+/m0/s1/i5+1,7+1,9+1,13+1,14+1,15+1. The summed E-state index contributed by atoms with van der Waals surface area (Å²) >= 11 is 0. The average Bonchev–Trinajstić information content (AvgIpc) is 2.75. The van der Waals surface area contributed by atoms with E-state index in [4.69, 9.17) is 32.8 Å². The van der Waals surface area contributed by atoms with Crippen molar-refractivity contribution < 1.29 is 52.0 Å². The van der Waals surface area contributed by atoms with Gasteiger partial charge in [-0.05, 0) is 18.2 Å². The molecule has 12 heteroatoms. The molecule has 5 atom stereocenters. The van der Waals surface area contributed by atoms with Crippen molar-refractivity contribution in [3.05, 3.63) is 40.8 Å². The summed E-state index contributed by atoms with van der Waals surface area (Å²) in [5.41, 5.74) is -0.384. The van der Waals surface area contributed by atoms with Gasteiger partial charge in [0, 0.05) is 38.3 Å². The van der Waals surface area contributed by atoms with Crippen molar-refractivity contribution in [1.82, 2.24) is 0 Å². The van der Waals surface area contributed by atoms with Gasteiger partial charge in [-0.3, -0.25) is 14.4 Å². The van der Waals surface area contributed by atoms with Crippen LogP contribution in [-0.2, 0) is 42.9 Å². The van der Waals surface area contributed by atoms with Gasteiger partial charge in [0.25, 0.3) is 0 Å². The third kappa shape index (κ3) is 5.70. The highest BCUT2D eigenvalue weighted by atomic mass is 16.8. The van der Waals surface area contributed by atoms with E-state index in [0.717, 1.165) is 27.9 Å². The Kier molecular flexibility index (Phi) is 7.51. The third-order valence-electron chi connectivity index (χ3n) is 4.68. The molecule has 0 aliphatic carbocycles. The number of carbonyl (C=O) groups is 4. The molecule has 12 nitrogen and oxygen atoms in total. The van der Waals surface area contributed by atoms with Crippen LogP contribution in [0, 0.1) is 0 Å². The SMILES string of the molecule is COC(=O)[C@H]1O[C@@H](O[13c]2[13cH][13cH][13c]3ccc(=O)o[13c]3[13cH]2)[C@H](OC(C)=O)[C@@H](OC(C)=O)[C@@H]1OC(C)=O. The van der Waals surface area contributed by atoms with Gasteiger partial charge in [-0.1, -0.05) is 0 Å². The van der Waals surface area contributed by atoms with Gasteiger partial charge in [0.2, 0.25) is 12.4 Å². The molecule has 0 radical (unpaired) electrons. The fraction of sp³-hybridized carbons (Fsp3) is 0.409. The molecule has 2 heterocycles. The number of hydrogen-bond donors (Lipinski definition) is 0. The smallest absolute Gasteiger partial charge is 0.339 e. The van der Waals surface area contributed by atoms with Crippen LogP contribution in [0.5, 0.6) is 5.75 Å². The van der Waals surface area contributed by atoms with E-state index in [2.05, 4.69) is 0 Å². The van der Waals surface area contributed by atoms with Crippen molar-refractivity contribution in [1.29, 1.82) is 0 Å². The number of rotatable bonds is 6. The van der Waals surface area contributed by atoms with Gasteiger partial charge in [-0.2, -0.15) is 0 Å². The van der Waals surface area contributed by atoms with Crippen LogP contribution < -0.4 is 10.4 Å². The first-order chi connectivity index (χ1) is 16.1. The van der Waals surface area contributed by atoms with Crippen molar-refractivity contribution in [3.63, 3.8) is 0 Å². The lowest BCUT2D eigenvalue weighted by Gasteiger charge is -2.43. The maximum atomic E-state index is 12.4. The fourth-order valence-electron chi connectivity index (χ4n) is 3.42. The van der Waals surface area contributed by atoms with Crippen LogP contribution >= 0.6 is 0 Å². The van der Waals surface area contributed by atoms with E-state index in [9.17, 15) is 24.0 Å². The monoisotopic (exact) mass is 484 g/mol. The Morgan fingerprint density at radius 2 is 1.41 bits per heavy atom. The molecule has 1 saturated heterocycles. The van der Waals surface area contributed by atoms with E-state index in [0.29, 0.717) is 5.39 Å². The molecule has 34 heavy (non-hydrogen) atoms. The molecule has 0 spiro atoms. The van der Waals surface area contributed by atoms with Crippen LogP contribution in [0.1, 0.15) is 20.8 Å². The van der Waals surface area contributed by atoms with E-state index in [1.165, 1.54) is 18.2 Å². The number of ether oxygens (including phenoxy) is 6. The first-order valence-electron chi connectivity index (χ1n) is 10.0. The van der Waals surface area contributed by atoms with Crippen LogP contribution in [0.3, 0.4) is 0 Å². The van der Waals surface area contributed by atoms with Crippen LogP contribution in [0.4, 0.5) is 0 Å². The van der Waals surface area contributed by atoms with Crippen molar-refractivity contribution in [2.75, 3.05) is 7.11 Å².